The molecule has 2 aromatic carbocycles. The second kappa shape index (κ2) is 6.26. The Bertz CT molecular complexity index is 856. The monoisotopic (exact) mass is 329 g/mol. The van der Waals surface area contributed by atoms with Crippen LogP contribution in [0.5, 0.6) is 0 Å². The van der Waals surface area contributed by atoms with E-state index in [4.69, 9.17) is 16.0 Å². The van der Waals surface area contributed by atoms with Gasteiger partial charge in [0.05, 0.1) is 16.3 Å². The number of hydrogen-bond acceptors (Lipinski definition) is 2. The Hall–Kier alpha value is -2.59. The summed E-state index contributed by atoms with van der Waals surface area (Å²) in [5.41, 5.74) is 1.64. The molecule has 1 aromatic heterocycles. The normalized spacial score (nSPS) is 10.6. The zero-order valence-electron chi connectivity index (χ0n) is 12.3. The highest BCUT2D eigenvalue weighted by molar-refractivity contribution is 6.33. The van der Waals surface area contributed by atoms with Crippen LogP contribution in [0.4, 0.5) is 10.1 Å². The third kappa shape index (κ3) is 3.27. The van der Waals surface area contributed by atoms with Crippen LogP contribution in [0, 0.1) is 12.7 Å². The second-order valence-electron chi connectivity index (χ2n) is 5.02. The number of halogens is 2. The zero-order valence-corrected chi connectivity index (χ0v) is 13.0. The van der Waals surface area contributed by atoms with Crippen LogP contribution in [-0.4, -0.2) is 5.91 Å². The van der Waals surface area contributed by atoms with E-state index in [9.17, 15) is 9.18 Å². The summed E-state index contributed by atoms with van der Waals surface area (Å²) < 4.78 is 18.6. The molecule has 0 aliphatic rings. The van der Waals surface area contributed by atoms with Crippen molar-refractivity contribution < 1.29 is 13.6 Å². The number of nitrogens with one attached hydrogen (secondary N) is 1. The van der Waals surface area contributed by atoms with Crippen LogP contribution in [0.3, 0.4) is 0 Å². The third-order valence-electron chi connectivity index (χ3n) is 3.41. The number of furan rings is 1. The van der Waals surface area contributed by atoms with Crippen molar-refractivity contribution in [1.82, 2.24) is 0 Å². The lowest BCUT2D eigenvalue weighted by molar-refractivity contribution is 0.102. The lowest BCUT2D eigenvalue weighted by atomic mass is 10.1. The number of carbonyl (C=O) groups is 1. The van der Waals surface area contributed by atoms with Gasteiger partial charge in [-0.15, -0.1) is 0 Å². The van der Waals surface area contributed by atoms with Gasteiger partial charge in [0.2, 0.25) is 0 Å². The molecule has 0 fully saturated rings. The van der Waals surface area contributed by atoms with Gasteiger partial charge in [-0.1, -0.05) is 23.7 Å². The molecule has 0 radical (unpaired) electrons. The van der Waals surface area contributed by atoms with Gasteiger partial charge in [-0.25, -0.2) is 4.39 Å². The molecule has 116 valence electrons. The van der Waals surface area contributed by atoms with Gasteiger partial charge in [-0.05, 0) is 49.4 Å². The Kier molecular flexibility index (Phi) is 4.17. The summed E-state index contributed by atoms with van der Waals surface area (Å²) >= 11 is 6.04. The van der Waals surface area contributed by atoms with Crippen LogP contribution in [0.25, 0.3) is 11.3 Å². The average molecular weight is 330 g/mol. The van der Waals surface area contributed by atoms with Crippen LogP contribution >= 0.6 is 11.6 Å². The Labute approximate surface area is 137 Å². The molecule has 1 amide bonds. The van der Waals surface area contributed by atoms with Crippen molar-refractivity contribution >= 4 is 23.2 Å². The topological polar surface area (TPSA) is 42.2 Å². The van der Waals surface area contributed by atoms with Gasteiger partial charge in [0.1, 0.15) is 17.3 Å². The molecule has 0 aliphatic heterocycles. The minimum atomic E-state index is -0.325. The maximum atomic E-state index is 13.0. The van der Waals surface area contributed by atoms with E-state index in [1.54, 1.807) is 49.4 Å². The third-order valence-corrected chi connectivity index (χ3v) is 3.74. The van der Waals surface area contributed by atoms with Gasteiger partial charge in [0.25, 0.3) is 5.91 Å². The fraction of sp³-hybridized carbons (Fsp3) is 0.0556. The van der Waals surface area contributed by atoms with E-state index in [1.165, 1.54) is 12.1 Å². The largest absolute Gasteiger partial charge is 0.461 e. The quantitative estimate of drug-likeness (QED) is 0.708. The van der Waals surface area contributed by atoms with Gasteiger partial charge >= 0.3 is 0 Å². The SMILES string of the molecule is Cc1oc(-c2ccc(F)cc2)cc1C(=O)Nc1ccccc1Cl. The van der Waals surface area contributed by atoms with Crippen molar-refractivity contribution in [1.29, 1.82) is 0 Å². The van der Waals surface area contributed by atoms with Crippen molar-refractivity contribution in [3.63, 3.8) is 0 Å². The fourth-order valence-electron chi connectivity index (χ4n) is 2.22. The number of benzene rings is 2. The van der Waals surface area contributed by atoms with E-state index >= 15 is 0 Å². The molecule has 1 heterocycles. The molecule has 0 saturated carbocycles. The molecular weight excluding hydrogens is 317 g/mol. The van der Waals surface area contributed by atoms with Gasteiger partial charge in [0.15, 0.2) is 0 Å². The zero-order chi connectivity index (χ0) is 16.4. The van der Waals surface area contributed by atoms with Crippen molar-refractivity contribution in [2.24, 2.45) is 0 Å². The van der Waals surface area contributed by atoms with Crippen LogP contribution in [0.1, 0.15) is 16.1 Å². The first-order valence-corrected chi connectivity index (χ1v) is 7.34. The van der Waals surface area contributed by atoms with E-state index in [-0.39, 0.29) is 11.7 Å². The molecule has 3 rings (SSSR count). The molecule has 3 nitrogen and oxygen atoms in total. The lowest BCUT2D eigenvalue weighted by Gasteiger charge is -2.05. The molecule has 5 heteroatoms. The Morgan fingerprint density at radius 1 is 1.13 bits per heavy atom. The smallest absolute Gasteiger partial charge is 0.259 e. The highest BCUT2D eigenvalue weighted by Crippen LogP contribution is 2.27. The molecule has 0 atom stereocenters. The summed E-state index contributed by atoms with van der Waals surface area (Å²) in [7, 11) is 0. The number of rotatable bonds is 3. The molecule has 0 unspecified atom stereocenters. The maximum absolute atomic E-state index is 13.0. The molecule has 0 bridgehead atoms. The van der Waals surface area contributed by atoms with Crippen LogP contribution in [0.2, 0.25) is 5.02 Å². The standard InChI is InChI=1S/C18H13ClFNO2/c1-11-14(18(22)21-16-5-3-2-4-15(16)19)10-17(23-11)12-6-8-13(20)9-7-12/h2-10H,1H3,(H,21,22). The summed E-state index contributed by atoms with van der Waals surface area (Å²) in [6, 6.07) is 14.5. The highest BCUT2D eigenvalue weighted by Gasteiger charge is 2.17. The van der Waals surface area contributed by atoms with Crippen LogP contribution in [-0.2, 0) is 0 Å². The predicted octanol–water partition coefficient (Wildman–Crippen LogP) is 5.30. The minimum Gasteiger partial charge on any atom is -0.461 e. The highest BCUT2D eigenvalue weighted by atomic mass is 35.5. The molecule has 23 heavy (non-hydrogen) atoms. The first-order valence-electron chi connectivity index (χ1n) is 6.97. The molecule has 3 aromatic rings. The molecule has 0 saturated heterocycles. The summed E-state index contributed by atoms with van der Waals surface area (Å²) in [5, 5.41) is 3.21. The van der Waals surface area contributed by atoms with Gasteiger partial charge in [0, 0.05) is 5.56 Å². The summed E-state index contributed by atoms with van der Waals surface area (Å²) in [5.74, 6) is 0.349. The van der Waals surface area contributed by atoms with Gasteiger partial charge in [-0.3, -0.25) is 4.79 Å². The van der Waals surface area contributed by atoms with Crippen LogP contribution < -0.4 is 5.32 Å². The maximum Gasteiger partial charge on any atom is 0.259 e. The van der Waals surface area contributed by atoms with E-state index in [0.29, 0.717) is 33.4 Å². The molecule has 0 aliphatic carbocycles. The van der Waals surface area contributed by atoms with Crippen molar-refractivity contribution in [2.75, 3.05) is 5.32 Å². The average Bonchev–Trinajstić information content (AvgIpc) is 2.92. The fourth-order valence-corrected chi connectivity index (χ4v) is 2.40. The minimum absolute atomic E-state index is 0.312. The van der Waals surface area contributed by atoms with Crippen molar-refractivity contribution in [3.05, 3.63) is 76.8 Å². The van der Waals surface area contributed by atoms with Gasteiger partial charge in [-0.2, -0.15) is 0 Å². The Balaban J connectivity index is 1.87. The molecule has 0 spiro atoms. The first kappa shape index (κ1) is 15.3. The van der Waals surface area contributed by atoms with Crippen molar-refractivity contribution in [2.45, 2.75) is 6.92 Å². The predicted molar refractivity (Wildman–Crippen MR) is 88.2 cm³/mol. The Morgan fingerprint density at radius 2 is 1.83 bits per heavy atom. The lowest BCUT2D eigenvalue weighted by Crippen LogP contribution is -2.12. The number of para-hydroxylation sites is 1. The van der Waals surface area contributed by atoms with E-state index in [1.807, 2.05) is 0 Å². The second-order valence-corrected chi connectivity index (χ2v) is 5.43. The van der Waals surface area contributed by atoms with Crippen molar-refractivity contribution in [3.8, 4) is 11.3 Å². The number of carbonyl (C=O) groups excluding carboxylic acids is 1. The molecule has 1 N–H and O–H groups in total. The summed E-state index contributed by atoms with van der Waals surface area (Å²) in [4.78, 5) is 12.4. The molecular formula is C18H13ClFNO2. The first-order chi connectivity index (χ1) is 11.0. The number of hydrogen-bond donors (Lipinski definition) is 1. The Morgan fingerprint density at radius 3 is 2.52 bits per heavy atom. The summed E-state index contributed by atoms with van der Waals surface area (Å²) in [6.45, 7) is 1.70. The number of amides is 1. The van der Waals surface area contributed by atoms with E-state index in [0.717, 1.165) is 0 Å². The number of anilines is 1. The van der Waals surface area contributed by atoms with E-state index in [2.05, 4.69) is 5.32 Å². The van der Waals surface area contributed by atoms with Gasteiger partial charge < -0.3 is 9.73 Å². The van der Waals surface area contributed by atoms with E-state index < -0.39 is 0 Å². The number of aryl methyl sites for hydroxylation is 1. The van der Waals surface area contributed by atoms with Crippen LogP contribution in [0.15, 0.2) is 59.0 Å². The summed E-state index contributed by atoms with van der Waals surface area (Å²) in [6.07, 6.45) is 0.